The van der Waals surface area contributed by atoms with Crippen molar-refractivity contribution in [3.63, 3.8) is 0 Å². The van der Waals surface area contributed by atoms with Crippen molar-refractivity contribution in [2.45, 2.75) is 87.8 Å². The fourth-order valence-corrected chi connectivity index (χ4v) is 6.53. The summed E-state index contributed by atoms with van der Waals surface area (Å²) in [5, 5.41) is 73.3. The van der Waals surface area contributed by atoms with Gasteiger partial charge in [0.2, 0.25) is 23.6 Å². The molecule has 4 amide bonds. The molecule has 2 aliphatic rings. The lowest BCUT2D eigenvalue weighted by atomic mass is 9.96. The van der Waals surface area contributed by atoms with Crippen molar-refractivity contribution in [3.8, 4) is 0 Å². The van der Waals surface area contributed by atoms with Crippen molar-refractivity contribution >= 4 is 23.6 Å². The molecule has 0 radical (unpaired) electrons. The van der Waals surface area contributed by atoms with Crippen LogP contribution in [0.3, 0.4) is 0 Å². The zero-order valence-corrected chi connectivity index (χ0v) is 32.4. The van der Waals surface area contributed by atoms with Gasteiger partial charge in [0.25, 0.3) is 0 Å². The lowest BCUT2D eigenvalue weighted by molar-refractivity contribution is -0.366. The number of hydrogen-bond donors (Lipinski definition) is 8. The van der Waals surface area contributed by atoms with E-state index in [2.05, 4.69) is 0 Å². The highest BCUT2D eigenvalue weighted by atomic mass is 16.7. The number of carbonyl (C=O) groups excluding carboxylic acids is 4. The minimum atomic E-state index is -1.82. The smallest absolute Gasteiger partial charge is 0.242 e. The molecule has 10 atom stereocenters. The van der Waals surface area contributed by atoms with Crippen LogP contribution in [0.4, 0.5) is 0 Å². The predicted molar refractivity (Wildman–Crippen MR) is 200 cm³/mol. The van der Waals surface area contributed by atoms with Crippen LogP contribution in [0.2, 0.25) is 0 Å². The number of likely N-dealkylation sites (N-methyl/N-ethyl adjacent to an activating group) is 1. The molecule has 1 unspecified atom stereocenters. The number of hydroxylamine groups is 2. The Bertz CT molecular complexity index is 1610. The number of carbonyl (C=O) groups is 4. The highest BCUT2D eigenvalue weighted by Gasteiger charge is 2.51. The molecule has 0 aliphatic carbocycles. The lowest BCUT2D eigenvalue weighted by Crippen LogP contribution is -2.66. The van der Waals surface area contributed by atoms with Crippen LogP contribution >= 0.6 is 0 Å². The maximum atomic E-state index is 13.8. The van der Waals surface area contributed by atoms with Crippen LogP contribution in [0.15, 0.2) is 60.7 Å². The Morgan fingerprint density at radius 3 is 1.79 bits per heavy atom. The zero-order valence-electron chi connectivity index (χ0n) is 32.4. The monoisotopic (exact) mass is 821 g/mol. The van der Waals surface area contributed by atoms with Crippen molar-refractivity contribution in [2.24, 2.45) is 5.73 Å². The number of nitrogens with zero attached hydrogens (tertiary/aromatic N) is 4. The topological polar surface area (TPSA) is 286 Å². The molecule has 2 aromatic carbocycles. The predicted octanol–water partition coefficient (Wildman–Crippen LogP) is -3.74. The molecule has 322 valence electrons. The van der Waals surface area contributed by atoms with Crippen LogP contribution < -0.4 is 5.73 Å². The van der Waals surface area contributed by atoms with E-state index in [1.807, 2.05) is 18.2 Å². The van der Waals surface area contributed by atoms with Crippen molar-refractivity contribution in [3.05, 3.63) is 71.8 Å². The Kier molecular flexibility index (Phi) is 17.9. The minimum absolute atomic E-state index is 0.0466. The molecule has 0 spiro atoms. The number of rotatable bonds is 20. The van der Waals surface area contributed by atoms with Crippen LogP contribution in [0.5, 0.6) is 0 Å². The fourth-order valence-electron chi connectivity index (χ4n) is 6.53. The quantitative estimate of drug-likeness (QED) is 0.0471. The highest BCUT2D eigenvalue weighted by molar-refractivity contribution is 5.89. The zero-order chi connectivity index (χ0) is 42.5. The minimum Gasteiger partial charge on any atom is -0.394 e. The number of hydrogen-bond acceptors (Lipinski definition) is 16. The van der Waals surface area contributed by atoms with Gasteiger partial charge in [0, 0.05) is 33.6 Å². The van der Waals surface area contributed by atoms with Crippen LogP contribution in [-0.4, -0.2) is 194 Å². The molecule has 9 N–H and O–H groups in total. The summed E-state index contributed by atoms with van der Waals surface area (Å²) in [7, 11) is 1.37. The average Bonchev–Trinajstić information content (AvgIpc) is 3.20. The largest absolute Gasteiger partial charge is 0.394 e. The van der Waals surface area contributed by atoms with E-state index in [0.717, 1.165) is 16.2 Å². The van der Waals surface area contributed by atoms with E-state index in [1.54, 1.807) is 42.5 Å². The first-order valence-corrected chi connectivity index (χ1v) is 18.8. The fraction of sp³-hybridized carbons (Fsp3) is 0.579. The molecular weight excluding hydrogens is 766 g/mol. The van der Waals surface area contributed by atoms with Crippen molar-refractivity contribution in [1.29, 1.82) is 0 Å². The number of primary amides is 1. The van der Waals surface area contributed by atoms with Gasteiger partial charge in [-0.3, -0.25) is 24.0 Å². The molecule has 58 heavy (non-hydrogen) atoms. The summed E-state index contributed by atoms with van der Waals surface area (Å²) in [4.78, 5) is 61.6. The van der Waals surface area contributed by atoms with Gasteiger partial charge in [-0.05, 0) is 17.5 Å². The molecule has 20 heteroatoms. The second kappa shape index (κ2) is 22.3. The third-order valence-corrected chi connectivity index (χ3v) is 9.79. The van der Waals surface area contributed by atoms with Gasteiger partial charge in [-0.25, -0.2) is 0 Å². The SMILES string of the molecule is CC(=O)N(CC(=O)N(CCCON(C)C1O[C@H](CO)[C@@H](O[C@H]2O[C@H](CO)[C@@H](O)[C@H](O)[C@H]2O)[C@H](O)[C@H]1O)CC(=O)N(CC(N)=O)Cc1ccccc1)Cc1ccccc1. The van der Waals surface area contributed by atoms with Gasteiger partial charge < -0.3 is 70.4 Å². The number of amides is 4. The maximum Gasteiger partial charge on any atom is 0.242 e. The normalized spacial score (nSPS) is 27.2. The third kappa shape index (κ3) is 12.7. The first-order chi connectivity index (χ1) is 27.6. The van der Waals surface area contributed by atoms with Crippen molar-refractivity contribution in [2.75, 3.05) is 53.0 Å². The molecule has 0 saturated carbocycles. The number of nitrogens with two attached hydrogens (primary N) is 1. The summed E-state index contributed by atoms with van der Waals surface area (Å²) >= 11 is 0. The molecule has 4 rings (SSSR count). The molecule has 20 nitrogen and oxygen atoms in total. The molecule has 2 saturated heterocycles. The molecule has 2 aliphatic heterocycles. The van der Waals surface area contributed by atoms with E-state index in [-0.39, 0.29) is 45.1 Å². The highest BCUT2D eigenvalue weighted by Crippen LogP contribution is 2.30. The Hall–Kier alpha value is -4.16. The Morgan fingerprint density at radius 1 is 0.690 bits per heavy atom. The van der Waals surface area contributed by atoms with E-state index >= 15 is 0 Å². The summed E-state index contributed by atoms with van der Waals surface area (Å²) in [6.07, 6.45) is -15.9. The summed E-state index contributed by atoms with van der Waals surface area (Å²) in [6, 6.07) is 17.9. The van der Waals surface area contributed by atoms with Crippen LogP contribution in [0.25, 0.3) is 0 Å². The lowest BCUT2D eigenvalue weighted by Gasteiger charge is -2.47. The second-order valence-corrected chi connectivity index (χ2v) is 14.1. The van der Waals surface area contributed by atoms with Gasteiger partial charge in [0.05, 0.1) is 32.9 Å². The molecule has 2 fully saturated rings. The van der Waals surface area contributed by atoms with E-state index in [9.17, 15) is 54.9 Å². The summed E-state index contributed by atoms with van der Waals surface area (Å²) in [5.74, 6) is -2.26. The van der Waals surface area contributed by atoms with E-state index < -0.39 is 105 Å². The molecule has 2 aromatic rings. The van der Waals surface area contributed by atoms with Gasteiger partial charge in [-0.2, -0.15) is 5.06 Å². The van der Waals surface area contributed by atoms with Gasteiger partial charge in [0.1, 0.15) is 55.4 Å². The van der Waals surface area contributed by atoms with E-state index in [0.29, 0.717) is 0 Å². The first kappa shape index (κ1) is 46.5. The van der Waals surface area contributed by atoms with Crippen molar-refractivity contribution in [1.82, 2.24) is 19.8 Å². The summed E-state index contributed by atoms with van der Waals surface area (Å²) < 4.78 is 16.7. The molecule has 0 aromatic heterocycles. The van der Waals surface area contributed by atoms with E-state index in [4.69, 9.17) is 24.8 Å². The number of benzene rings is 2. The van der Waals surface area contributed by atoms with Crippen LogP contribution in [-0.2, 0) is 51.3 Å². The number of aliphatic hydroxyl groups excluding tert-OH is 7. The third-order valence-electron chi connectivity index (χ3n) is 9.79. The maximum absolute atomic E-state index is 13.8. The van der Waals surface area contributed by atoms with Gasteiger partial charge in [-0.15, -0.1) is 0 Å². The Labute approximate surface area is 335 Å². The Balaban J connectivity index is 1.41. The summed E-state index contributed by atoms with van der Waals surface area (Å²) in [6.45, 7) is -1.39. The number of ether oxygens (including phenoxy) is 3. The van der Waals surface area contributed by atoms with Gasteiger partial charge in [0.15, 0.2) is 12.5 Å². The first-order valence-electron chi connectivity index (χ1n) is 18.8. The second-order valence-electron chi connectivity index (χ2n) is 14.1. The van der Waals surface area contributed by atoms with E-state index in [1.165, 1.54) is 28.7 Å². The summed E-state index contributed by atoms with van der Waals surface area (Å²) in [5.41, 5.74) is 6.97. The molecule has 0 bridgehead atoms. The average molecular weight is 822 g/mol. The van der Waals surface area contributed by atoms with Crippen LogP contribution in [0, 0.1) is 0 Å². The van der Waals surface area contributed by atoms with Crippen LogP contribution in [0.1, 0.15) is 24.5 Å². The van der Waals surface area contributed by atoms with Crippen molar-refractivity contribution < 1.29 is 74.0 Å². The Morgan fingerprint density at radius 2 is 1.24 bits per heavy atom. The standard InChI is InChI=1S/C38H55N5O15/c1-23(46)42(16-24-10-5-3-6-11-24)20-29(48)41(19-30(49)43(18-28(39)47)17-25-12-7-4-8-13-25)14-9-15-55-40(2)37-34(53)33(52)36(27(22-45)56-37)58-38-35(54)32(51)31(50)26(21-44)57-38/h3-8,10-13,26-27,31-38,44-45,50-54H,9,14-22H2,1-2H3,(H2,39,47)/t26-,27-,31-,32+,33-,34-,35-,36-,37?,38-/m1/s1. The molecular formula is C38H55N5O15. The van der Waals surface area contributed by atoms with Gasteiger partial charge in [-0.1, -0.05) is 60.7 Å². The number of aliphatic hydroxyl groups is 7. The van der Waals surface area contributed by atoms with Gasteiger partial charge >= 0.3 is 0 Å². The molecule has 2 heterocycles.